The summed E-state index contributed by atoms with van der Waals surface area (Å²) in [7, 11) is 0. The summed E-state index contributed by atoms with van der Waals surface area (Å²) in [6, 6.07) is 0.145. The van der Waals surface area contributed by atoms with Gasteiger partial charge in [-0.2, -0.15) is 0 Å². The molecular formula is C19H32N2O. The maximum atomic E-state index is 10.9. The molecule has 1 saturated carbocycles. The summed E-state index contributed by atoms with van der Waals surface area (Å²) in [5, 5.41) is 10.9. The molecule has 3 atom stereocenters. The van der Waals surface area contributed by atoms with E-state index in [0.29, 0.717) is 11.8 Å². The molecule has 0 bridgehead atoms. The first-order valence-electron chi connectivity index (χ1n) is 8.89. The molecule has 0 aliphatic heterocycles. The lowest BCUT2D eigenvalue weighted by atomic mass is 9.81. The zero-order chi connectivity index (χ0) is 15.9. The largest absolute Gasteiger partial charge is 0.391 e. The van der Waals surface area contributed by atoms with E-state index in [1.165, 1.54) is 32.1 Å². The normalized spacial score (nSPS) is 20.7. The van der Waals surface area contributed by atoms with Gasteiger partial charge in [0.2, 0.25) is 0 Å². The third-order valence-electron chi connectivity index (χ3n) is 5.32. The molecule has 1 aromatic rings. The topological polar surface area (TPSA) is 38.0 Å². The van der Waals surface area contributed by atoms with E-state index in [4.69, 9.17) is 0 Å². The molecule has 1 N–H and O–H groups in total. The van der Waals surface area contributed by atoms with Gasteiger partial charge in [-0.05, 0) is 30.6 Å². The highest BCUT2D eigenvalue weighted by atomic mass is 16.3. The van der Waals surface area contributed by atoms with Crippen LogP contribution in [0.2, 0.25) is 0 Å². The molecule has 0 unspecified atom stereocenters. The van der Waals surface area contributed by atoms with Crippen LogP contribution in [0, 0.1) is 17.8 Å². The van der Waals surface area contributed by atoms with Gasteiger partial charge in [0.15, 0.2) is 0 Å². The SMILES string of the molecule is C=C[C@@H](C[C@H](O)[C@H](CC1CCCCC1)n1ccnc1)C(C)C. The van der Waals surface area contributed by atoms with Gasteiger partial charge in [0, 0.05) is 12.4 Å². The lowest BCUT2D eigenvalue weighted by Crippen LogP contribution is -2.29. The van der Waals surface area contributed by atoms with E-state index in [0.717, 1.165) is 18.8 Å². The highest BCUT2D eigenvalue weighted by Gasteiger charge is 2.27. The minimum atomic E-state index is -0.332. The van der Waals surface area contributed by atoms with Crippen molar-refractivity contribution in [2.24, 2.45) is 17.8 Å². The fraction of sp³-hybridized carbons (Fsp3) is 0.737. The number of allylic oxidation sites excluding steroid dienone is 1. The molecule has 1 heterocycles. The monoisotopic (exact) mass is 304 g/mol. The predicted molar refractivity (Wildman–Crippen MR) is 91.6 cm³/mol. The highest BCUT2D eigenvalue weighted by molar-refractivity contribution is 4.90. The molecule has 3 nitrogen and oxygen atoms in total. The highest BCUT2D eigenvalue weighted by Crippen LogP contribution is 2.34. The van der Waals surface area contributed by atoms with E-state index >= 15 is 0 Å². The van der Waals surface area contributed by atoms with E-state index in [-0.39, 0.29) is 12.1 Å². The van der Waals surface area contributed by atoms with Crippen LogP contribution in [-0.2, 0) is 0 Å². The van der Waals surface area contributed by atoms with Gasteiger partial charge in [-0.3, -0.25) is 0 Å². The van der Waals surface area contributed by atoms with Crippen LogP contribution in [0.3, 0.4) is 0 Å². The van der Waals surface area contributed by atoms with Gasteiger partial charge in [0.1, 0.15) is 0 Å². The molecule has 0 saturated heterocycles. The summed E-state index contributed by atoms with van der Waals surface area (Å²) in [4.78, 5) is 4.18. The molecule has 3 heteroatoms. The van der Waals surface area contributed by atoms with Crippen LogP contribution >= 0.6 is 0 Å². The van der Waals surface area contributed by atoms with Crippen LogP contribution in [0.4, 0.5) is 0 Å². The molecule has 22 heavy (non-hydrogen) atoms. The van der Waals surface area contributed by atoms with Crippen LogP contribution in [0.5, 0.6) is 0 Å². The molecule has 124 valence electrons. The fourth-order valence-corrected chi connectivity index (χ4v) is 3.78. The standard InChI is InChI=1S/C19H32N2O/c1-4-17(15(2)3)13-19(22)18(21-11-10-20-14-21)12-16-8-6-5-7-9-16/h4,10-11,14-19,22H,1,5-9,12-13H2,2-3H3/t17-,18-,19-/m0/s1. The zero-order valence-electron chi connectivity index (χ0n) is 14.2. The smallest absolute Gasteiger partial charge is 0.0949 e. The van der Waals surface area contributed by atoms with Crippen LogP contribution in [0.25, 0.3) is 0 Å². The van der Waals surface area contributed by atoms with Gasteiger partial charge < -0.3 is 9.67 Å². The van der Waals surface area contributed by atoms with Crippen LogP contribution < -0.4 is 0 Å². The summed E-state index contributed by atoms with van der Waals surface area (Å²) < 4.78 is 2.11. The molecule has 1 aliphatic carbocycles. The van der Waals surface area contributed by atoms with Gasteiger partial charge in [-0.1, -0.05) is 52.0 Å². The first-order valence-corrected chi connectivity index (χ1v) is 8.89. The summed E-state index contributed by atoms with van der Waals surface area (Å²) in [6.45, 7) is 8.34. The Morgan fingerprint density at radius 1 is 1.32 bits per heavy atom. The van der Waals surface area contributed by atoms with E-state index in [1.807, 2.05) is 24.8 Å². The number of nitrogens with zero attached hydrogens (tertiary/aromatic N) is 2. The maximum absolute atomic E-state index is 10.9. The predicted octanol–water partition coefficient (Wildman–Crippen LogP) is 4.60. The number of hydrogen-bond donors (Lipinski definition) is 1. The molecular weight excluding hydrogens is 272 g/mol. The van der Waals surface area contributed by atoms with Crippen molar-refractivity contribution in [1.82, 2.24) is 9.55 Å². The average Bonchev–Trinajstić information content (AvgIpc) is 3.04. The van der Waals surface area contributed by atoms with E-state index in [2.05, 4.69) is 30.0 Å². The minimum absolute atomic E-state index is 0.145. The Hall–Kier alpha value is -1.09. The summed E-state index contributed by atoms with van der Waals surface area (Å²) in [6.07, 6.45) is 15.9. The van der Waals surface area contributed by atoms with Crippen molar-refractivity contribution >= 4 is 0 Å². The Balaban J connectivity index is 2.04. The first kappa shape index (κ1) is 17.3. The van der Waals surface area contributed by atoms with Crippen LogP contribution in [0.1, 0.15) is 64.8 Å². The first-order chi connectivity index (χ1) is 10.6. The van der Waals surface area contributed by atoms with Crippen LogP contribution in [0.15, 0.2) is 31.4 Å². The van der Waals surface area contributed by atoms with Gasteiger partial charge in [0.25, 0.3) is 0 Å². The third kappa shape index (κ3) is 4.70. The Kier molecular flexibility index (Phi) is 6.69. The fourth-order valence-electron chi connectivity index (χ4n) is 3.78. The number of aliphatic hydroxyl groups excluding tert-OH is 1. The maximum Gasteiger partial charge on any atom is 0.0949 e. The van der Waals surface area contributed by atoms with Crippen molar-refractivity contribution in [1.29, 1.82) is 0 Å². The van der Waals surface area contributed by atoms with Crippen molar-refractivity contribution in [3.05, 3.63) is 31.4 Å². The Morgan fingerprint density at radius 2 is 2.05 bits per heavy atom. The Bertz CT molecular complexity index is 421. The lowest BCUT2D eigenvalue weighted by Gasteiger charge is -2.32. The lowest BCUT2D eigenvalue weighted by molar-refractivity contribution is 0.0695. The number of imidazole rings is 1. The Morgan fingerprint density at radius 3 is 2.59 bits per heavy atom. The second kappa shape index (κ2) is 8.52. The van der Waals surface area contributed by atoms with Crippen LogP contribution in [-0.4, -0.2) is 20.8 Å². The van der Waals surface area contributed by atoms with Crippen molar-refractivity contribution in [3.63, 3.8) is 0 Å². The van der Waals surface area contributed by atoms with Crippen molar-refractivity contribution in [2.45, 2.75) is 70.9 Å². The summed E-state index contributed by atoms with van der Waals surface area (Å²) in [5.74, 6) is 1.63. The Labute approximate surface area is 135 Å². The molecule has 0 spiro atoms. The molecule has 1 fully saturated rings. The second-order valence-electron chi connectivity index (χ2n) is 7.26. The average molecular weight is 304 g/mol. The number of aromatic nitrogens is 2. The molecule has 0 aromatic carbocycles. The molecule has 0 radical (unpaired) electrons. The summed E-state index contributed by atoms with van der Waals surface area (Å²) in [5.41, 5.74) is 0. The van der Waals surface area contributed by atoms with Gasteiger partial charge in [-0.25, -0.2) is 4.98 Å². The van der Waals surface area contributed by atoms with Gasteiger partial charge in [-0.15, -0.1) is 6.58 Å². The van der Waals surface area contributed by atoms with E-state index in [1.54, 1.807) is 0 Å². The minimum Gasteiger partial charge on any atom is -0.391 e. The van der Waals surface area contributed by atoms with Crippen molar-refractivity contribution in [3.8, 4) is 0 Å². The van der Waals surface area contributed by atoms with Crippen molar-refractivity contribution in [2.75, 3.05) is 0 Å². The van der Waals surface area contributed by atoms with E-state index in [9.17, 15) is 5.11 Å². The molecule has 1 aromatic heterocycles. The second-order valence-corrected chi connectivity index (χ2v) is 7.26. The van der Waals surface area contributed by atoms with E-state index < -0.39 is 0 Å². The van der Waals surface area contributed by atoms with Gasteiger partial charge in [0.05, 0.1) is 18.5 Å². The zero-order valence-corrected chi connectivity index (χ0v) is 14.2. The van der Waals surface area contributed by atoms with Gasteiger partial charge >= 0.3 is 0 Å². The van der Waals surface area contributed by atoms with Crippen molar-refractivity contribution < 1.29 is 5.11 Å². The molecule has 2 rings (SSSR count). The molecule has 0 amide bonds. The summed E-state index contributed by atoms with van der Waals surface area (Å²) >= 11 is 0. The quantitative estimate of drug-likeness (QED) is 0.713. The third-order valence-corrected chi connectivity index (χ3v) is 5.32. The number of aliphatic hydroxyl groups is 1. The molecule has 1 aliphatic rings. The number of rotatable bonds is 8. The number of hydrogen-bond acceptors (Lipinski definition) is 2.